The monoisotopic (exact) mass is 574 g/mol. The van der Waals surface area contributed by atoms with E-state index in [0.717, 1.165) is 17.2 Å². The number of nitrogens with one attached hydrogen (secondary N) is 1. The average molecular weight is 575 g/mol. The number of nitrogens with zero attached hydrogens (tertiary/aromatic N) is 1. The van der Waals surface area contributed by atoms with Gasteiger partial charge in [0.05, 0.1) is 26.2 Å². The summed E-state index contributed by atoms with van der Waals surface area (Å²) in [7, 11) is 2.86. The number of ether oxygens (including phenoxy) is 2. The summed E-state index contributed by atoms with van der Waals surface area (Å²) in [5.74, 6) is -2.72. The fraction of sp³-hybridized carbons (Fsp3) is 0.171. The third-order valence-corrected chi connectivity index (χ3v) is 8.91. The zero-order valence-corrected chi connectivity index (χ0v) is 23.4. The number of hydrogen-bond acceptors (Lipinski definition) is 6. The molecule has 1 fully saturated rings. The van der Waals surface area contributed by atoms with Crippen molar-refractivity contribution in [1.82, 2.24) is 4.90 Å². The zero-order chi connectivity index (χ0) is 29.9. The van der Waals surface area contributed by atoms with Gasteiger partial charge in [0.1, 0.15) is 17.2 Å². The van der Waals surface area contributed by atoms with Gasteiger partial charge in [-0.2, -0.15) is 0 Å². The highest BCUT2D eigenvalue weighted by Crippen LogP contribution is 2.62. The van der Waals surface area contributed by atoms with Crippen LogP contribution in [0.4, 0.5) is 10.1 Å². The first-order chi connectivity index (χ1) is 20.9. The van der Waals surface area contributed by atoms with Gasteiger partial charge in [-0.05, 0) is 59.2 Å². The summed E-state index contributed by atoms with van der Waals surface area (Å²) in [6.45, 7) is 0. The Morgan fingerprint density at radius 3 is 2.42 bits per heavy atom. The van der Waals surface area contributed by atoms with Crippen LogP contribution < -0.4 is 14.8 Å². The van der Waals surface area contributed by atoms with Crippen LogP contribution in [0.5, 0.6) is 11.5 Å². The van der Waals surface area contributed by atoms with Crippen molar-refractivity contribution in [1.29, 1.82) is 0 Å². The zero-order valence-electron chi connectivity index (χ0n) is 23.4. The molecule has 0 bridgehead atoms. The smallest absolute Gasteiger partial charge is 0.238 e. The van der Waals surface area contributed by atoms with E-state index in [2.05, 4.69) is 5.32 Å². The third-order valence-electron chi connectivity index (χ3n) is 8.91. The minimum absolute atomic E-state index is 0.0140. The van der Waals surface area contributed by atoms with Crippen LogP contribution in [-0.2, 0) is 10.2 Å². The van der Waals surface area contributed by atoms with Crippen LogP contribution >= 0.6 is 0 Å². The highest BCUT2D eigenvalue weighted by atomic mass is 19.1. The summed E-state index contributed by atoms with van der Waals surface area (Å²) < 4.78 is 25.5. The maximum absolute atomic E-state index is 15.0. The quantitative estimate of drug-likeness (QED) is 0.292. The molecule has 1 amide bonds. The van der Waals surface area contributed by atoms with E-state index in [0.29, 0.717) is 22.6 Å². The van der Waals surface area contributed by atoms with Gasteiger partial charge in [-0.3, -0.25) is 14.4 Å². The minimum Gasteiger partial charge on any atom is -0.497 e. The van der Waals surface area contributed by atoms with E-state index in [1.54, 1.807) is 36.5 Å². The number of hydrogen-bond donors (Lipinski definition) is 1. The van der Waals surface area contributed by atoms with Gasteiger partial charge < -0.3 is 19.7 Å². The van der Waals surface area contributed by atoms with E-state index in [1.165, 1.54) is 26.4 Å². The predicted octanol–water partition coefficient (Wildman–Crippen LogP) is 5.82. The molecule has 3 heterocycles. The molecular formula is C35H27FN2O5. The number of fused-ring (bicyclic) bond motifs is 6. The van der Waals surface area contributed by atoms with Crippen LogP contribution in [0.25, 0.3) is 6.08 Å². The average Bonchev–Trinajstić information content (AvgIpc) is 3.52. The lowest BCUT2D eigenvalue weighted by atomic mass is 9.62. The topological polar surface area (TPSA) is 84.9 Å². The number of halogens is 1. The Bertz CT molecular complexity index is 1850. The maximum Gasteiger partial charge on any atom is 0.238 e. The molecule has 0 unspecified atom stereocenters. The first kappa shape index (κ1) is 26.6. The van der Waals surface area contributed by atoms with E-state index in [-0.39, 0.29) is 23.0 Å². The van der Waals surface area contributed by atoms with Crippen LogP contribution in [0.3, 0.4) is 0 Å². The Labute approximate surface area is 247 Å². The molecule has 3 aliphatic heterocycles. The molecule has 7 nitrogen and oxygen atoms in total. The standard InChI is InChI=1S/C35H27FN2O5/c1-42-23-10-7-9-21(18-23)32(40)30-29(31(39)22-14-15-28(43-2)26(36)19-22)35(25-12-5-6-13-27(25)37-34(35)41)33-24-11-4-3-8-20(24)16-17-38(30)33/h3-19,29-30,33H,1-2H3,(H,37,41)/t29-,30+,33-,35-/m1/s1. The number of anilines is 1. The number of Topliss-reactive ketones (excluding diaryl/α,β-unsaturated/α-hetero) is 2. The number of methoxy groups -OCH3 is 2. The number of carbonyl (C=O) groups is 3. The molecule has 1 N–H and O–H groups in total. The van der Waals surface area contributed by atoms with Gasteiger partial charge in [-0.25, -0.2) is 4.39 Å². The predicted molar refractivity (Wildman–Crippen MR) is 159 cm³/mol. The number of ketones is 2. The van der Waals surface area contributed by atoms with Gasteiger partial charge in [0.15, 0.2) is 23.1 Å². The van der Waals surface area contributed by atoms with Crippen molar-refractivity contribution in [3.63, 3.8) is 0 Å². The van der Waals surface area contributed by atoms with E-state index >= 15 is 4.39 Å². The second kappa shape index (κ2) is 9.94. The third kappa shape index (κ3) is 3.75. The van der Waals surface area contributed by atoms with Crippen molar-refractivity contribution in [2.75, 3.05) is 19.5 Å². The fourth-order valence-corrected chi connectivity index (χ4v) is 7.11. The molecular weight excluding hydrogens is 547 g/mol. The Morgan fingerprint density at radius 2 is 1.63 bits per heavy atom. The van der Waals surface area contributed by atoms with Crippen molar-refractivity contribution >= 4 is 29.2 Å². The number of benzene rings is 4. The van der Waals surface area contributed by atoms with Gasteiger partial charge in [-0.1, -0.05) is 54.6 Å². The van der Waals surface area contributed by atoms with Crippen molar-refractivity contribution in [2.24, 2.45) is 5.92 Å². The van der Waals surface area contributed by atoms with Crippen molar-refractivity contribution in [3.05, 3.63) is 131 Å². The Hall–Kier alpha value is -5.24. The van der Waals surface area contributed by atoms with E-state index in [4.69, 9.17) is 9.47 Å². The number of carbonyl (C=O) groups excluding carboxylic acids is 3. The highest BCUT2D eigenvalue weighted by molar-refractivity contribution is 6.16. The molecule has 0 aliphatic carbocycles. The van der Waals surface area contributed by atoms with Crippen LogP contribution in [-0.4, -0.2) is 42.6 Å². The van der Waals surface area contributed by atoms with Crippen molar-refractivity contribution in [2.45, 2.75) is 17.5 Å². The number of amides is 1. The van der Waals surface area contributed by atoms with Crippen LogP contribution in [0.1, 0.15) is 43.4 Å². The van der Waals surface area contributed by atoms with Crippen molar-refractivity contribution < 1.29 is 28.2 Å². The minimum atomic E-state index is -1.51. The van der Waals surface area contributed by atoms with E-state index in [1.807, 2.05) is 53.4 Å². The molecule has 4 atom stereocenters. The van der Waals surface area contributed by atoms with Gasteiger partial charge in [-0.15, -0.1) is 0 Å². The fourth-order valence-electron chi connectivity index (χ4n) is 7.11. The maximum atomic E-state index is 15.0. The molecule has 0 aromatic heterocycles. The molecule has 1 spiro atoms. The summed E-state index contributed by atoms with van der Waals surface area (Å²) in [4.78, 5) is 45.8. The molecule has 43 heavy (non-hydrogen) atoms. The van der Waals surface area contributed by atoms with Gasteiger partial charge in [0.25, 0.3) is 0 Å². The number of para-hydroxylation sites is 1. The molecule has 8 heteroatoms. The first-order valence-corrected chi connectivity index (χ1v) is 13.9. The first-order valence-electron chi connectivity index (χ1n) is 13.9. The molecule has 0 saturated carbocycles. The van der Waals surface area contributed by atoms with Gasteiger partial charge >= 0.3 is 0 Å². The summed E-state index contributed by atoms with van der Waals surface area (Å²) in [6.07, 6.45) is 3.69. The van der Waals surface area contributed by atoms with Crippen LogP contribution in [0.2, 0.25) is 0 Å². The molecule has 0 radical (unpaired) electrons. The highest BCUT2D eigenvalue weighted by Gasteiger charge is 2.70. The number of rotatable bonds is 6. The second-order valence-electron chi connectivity index (χ2n) is 10.9. The van der Waals surface area contributed by atoms with E-state index < -0.39 is 35.0 Å². The van der Waals surface area contributed by atoms with Gasteiger partial charge in [0.2, 0.25) is 5.91 Å². The summed E-state index contributed by atoms with van der Waals surface area (Å²) in [5, 5.41) is 3.01. The second-order valence-corrected chi connectivity index (χ2v) is 10.9. The molecule has 4 aromatic rings. The molecule has 7 rings (SSSR count). The van der Waals surface area contributed by atoms with Gasteiger partial charge in [0, 0.05) is 23.0 Å². The largest absolute Gasteiger partial charge is 0.497 e. The Balaban J connectivity index is 1.52. The molecule has 3 aliphatic rings. The lowest BCUT2D eigenvalue weighted by Crippen LogP contribution is -2.49. The van der Waals surface area contributed by atoms with E-state index in [9.17, 15) is 14.4 Å². The Kier molecular flexibility index (Phi) is 6.16. The van der Waals surface area contributed by atoms with Crippen LogP contribution in [0, 0.1) is 11.7 Å². The molecule has 1 saturated heterocycles. The van der Waals surface area contributed by atoms with Crippen LogP contribution in [0.15, 0.2) is 97.2 Å². The van der Waals surface area contributed by atoms with Crippen molar-refractivity contribution in [3.8, 4) is 11.5 Å². The SMILES string of the molecule is COc1cccc(C(=O)[C@@H]2[C@H](C(=O)c3ccc(OC)c(F)c3)[C@@]3(C(=O)Nc4ccccc43)[C@H]3c4ccccc4C=CN23)c1. The molecule has 4 aromatic carbocycles. The normalized spacial score (nSPS) is 22.9. The molecule has 214 valence electrons. The summed E-state index contributed by atoms with van der Waals surface area (Å²) >= 11 is 0. The lowest BCUT2D eigenvalue weighted by molar-refractivity contribution is -0.122. The summed E-state index contributed by atoms with van der Waals surface area (Å²) in [6, 6.07) is 23.8. The Morgan fingerprint density at radius 1 is 0.860 bits per heavy atom. The lowest BCUT2D eigenvalue weighted by Gasteiger charge is -2.38. The summed E-state index contributed by atoms with van der Waals surface area (Å²) in [5.41, 5.74) is 1.76.